The lowest BCUT2D eigenvalue weighted by molar-refractivity contribution is -0.253. The van der Waals surface area contributed by atoms with Crippen LogP contribution in [-0.2, 0) is 14.3 Å². The van der Waals surface area contributed by atoms with Gasteiger partial charge in [0.2, 0.25) is 5.91 Å². The number of aliphatic carboxylic acids is 1. The molecule has 1 heterocycles. The predicted octanol–water partition coefficient (Wildman–Crippen LogP) is -6.57. The van der Waals surface area contributed by atoms with Crippen LogP contribution >= 0.6 is 0 Å². The fourth-order valence-corrected chi connectivity index (χ4v) is 2.16. The summed E-state index contributed by atoms with van der Waals surface area (Å²) >= 11 is 0. The Morgan fingerprint density at radius 3 is 1.93 bits per heavy atom. The van der Waals surface area contributed by atoms with Crippen LogP contribution in [0, 0.1) is 0 Å². The summed E-state index contributed by atoms with van der Waals surface area (Å²) < 4.78 is 4.81. The summed E-state index contributed by atoms with van der Waals surface area (Å²) in [5.41, 5.74) is 0. The molecule has 0 aromatic carbocycles. The molecule has 0 bridgehead atoms. The lowest BCUT2D eigenvalue weighted by Gasteiger charge is -2.40. The first-order valence-electron chi connectivity index (χ1n) is 8.02. The number of carbonyl (C=O) groups is 2. The Balaban J connectivity index is 0.000000528. The van der Waals surface area contributed by atoms with Crippen molar-refractivity contribution in [3.8, 4) is 0 Å². The molecule has 9 atom stereocenters. The number of rotatable bonds is 7. The molecule has 0 aromatic heterocycles. The summed E-state index contributed by atoms with van der Waals surface area (Å²) in [7, 11) is 0. The monoisotopic (exact) mass is 417 g/mol. The first-order valence-corrected chi connectivity index (χ1v) is 8.02. The van der Waals surface area contributed by atoms with Crippen LogP contribution in [0.3, 0.4) is 0 Å². The number of carboxylic acids is 1. The summed E-state index contributed by atoms with van der Waals surface area (Å²) in [5.74, 6) is -2.19. The second-order valence-electron chi connectivity index (χ2n) is 5.97. The zero-order chi connectivity index (χ0) is 22.2. The first-order chi connectivity index (χ1) is 12.9. The van der Waals surface area contributed by atoms with Crippen molar-refractivity contribution in [2.45, 2.75) is 62.0 Å². The minimum absolute atomic E-state index is 0.462. The lowest BCUT2D eigenvalue weighted by Crippen LogP contribution is -2.63. The molecule has 166 valence electrons. The van der Waals surface area contributed by atoms with Crippen molar-refractivity contribution in [3.63, 3.8) is 0 Å². The van der Waals surface area contributed by atoms with Crippen molar-refractivity contribution in [1.82, 2.24) is 5.32 Å². The van der Waals surface area contributed by atoms with Gasteiger partial charge in [0.15, 0.2) is 12.4 Å². The highest BCUT2D eigenvalue weighted by molar-refractivity contribution is 5.73. The molecule has 0 radical (unpaired) electrons. The van der Waals surface area contributed by atoms with E-state index in [0.717, 1.165) is 0 Å². The number of aliphatic hydroxyl groups excluding tert-OH is 9. The zero-order valence-electron chi connectivity index (χ0n) is 14.8. The molecule has 1 aliphatic rings. The third-order valence-electron chi connectivity index (χ3n) is 3.78. The molecule has 0 saturated carbocycles. The van der Waals surface area contributed by atoms with Crippen molar-refractivity contribution in [1.29, 1.82) is 0 Å². The standard InChI is InChI=1S/C8H15NO6.C6H12O7/c1-3(11)9-5-7(13)6(12)4(2-10)15-8(5)14;7-1-2(8)3(9)4(10)5(11)6(12)13/h4-8,10,12-14H,2H2,1H3,(H,9,11);2-5,7-11H,1H2,(H,12,13)/t4-,5-,6-,7-,8?;2-,3-,4+,5-/m11/s1. The molecule has 1 unspecified atom stereocenters. The van der Waals surface area contributed by atoms with Crippen molar-refractivity contribution in [2.24, 2.45) is 0 Å². The van der Waals surface area contributed by atoms with E-state index in [9.17, 15) is 24.9 Å². The molecule has 1 saturated heterocycles. The minimum atomic E-state index is -2.20. The van der Waals surface area contributed by atoms with Crippen molar-refractivity contribution in [2.75, 3.05) is 13.2 Å². The summed E-state index contributed by atoms with van der Waals surface area (Å²) in [6.45, 7) is -0.156. The number of aliphatic hydroxyl groups is 9. The topological polar surface area (TPSA) is 258 Å². The van der Waals surface area contributed by atoms with E-state index in [1.807, 2.05) is 0 Å². The highest BCUT2D eigenvalue weighted by Gasteiger charge is 2.43. The van der Waals surface area contributed by atoms with E-state index in [2.05, 4.69) is 5.32 Å². The van der Waals surface area contributed by atoms with E-state index in [4.69, 9.17) is 40.5 Å². The third-order valence-corrected chi connectivity index (χ3v) is 3.78. The van der Waals surface area contributed by atoms with E-state index in [0.29, 0.717) is 0 Å². The first kappa shape index (κ1) is 26.5. The maximum absolute atomic E-state index is 10.7. The molecule has 1 aliphatic heterocycles. The summed E-state index contributed by atoms with van der Waals surface area (Å²) in [5, 5.41) is 91.2. The Morgan fingerprint density at radius 2 is 1.54 bits per heavy atom. The summed E-state index contributed by atoms with van der Waals surface area (Å²) in [6, 6.07) is -1.10. The highest BCUT2D eigenvalue weighted by atomic mass is 16.6. The van der Waals surface area contributed by atoms with Crippen molar-refractivity contribution in [3.05, 3.63) is 0 Å². The summed E-state index contributed by atoms with van der Waals surface area (Å²) in [4.78, 5) is 20.8. The van der Waals surface area contributed by atoms with Crippen LogP contribution in [0.4, 0.5) is 0 Å². The molecule has 0 aromatic rings. The smallest absolute Gasteiger partial charge is 0.335 e. The van der Waals surface area contributed by atoms with Gasteiger partial charge in [-0.1, -0.05) is 0 Å². The maximum atomic E-state index is 10.7. The molecule has 0 aliphatic carbocycles. The Hall–Kier alpha value is -1.46. The van der Waals surface area contributed by atoms with Gasteiger partial charge in [0.1, 0.15) is 42.7 Å². The van der Waals surface area contributed by atoms with Crippen LogP contribution in [0.25, 0.3) is 0 Å². The van der Waals surface area contributed by atoms with Crippen LogP contribution in [0.2, 0.25) is 0 Å². The van der Waals surface area contributed by atoms with Gasteiger partial charge in [-0.25, -0.2) is 4.79 Å². The molecular weight excluding hydrogens is 390 g/mol. The van der Waals surface area contributed by atoms with Crippen LogP contribution < -0.4 is 5.32 Å². The molecule has 14 nitrogen and oxygen atoms in total. The van der Waals surface area contributed by atoms with Crippen LogP contribution in [0.1, 0.15) is 6.92 Å². The number of amides is 1. The number of hydrogen-bond donors (Lipinski definition) is 11. The van der Waals surface area contributed by atoms with Gasteiger partial charge in [-0.15, -0.1) is 0 Å². The van der Waals surface area contributed by atoms with Crippen LogP contribution in [-0.4, -0.2) is 131 Å². The quantitative estimate of drug-likeness (QED) is 0.184. The average Bonchev–Trinajstić information content (AvgIpc) is 2.65. The molecule has 0 spiro atoms. The number of hydrogen-bond acceptors (Lipinski definition) is 12. The molecule has 1 fully saturated rings. The van der Waals surface area contributed by atoms with E-state index < -0.39 is 80.1 Å². The van der Waals surface area contributed by atoms with Gasteiger partial charge < -0.3 is 61.1 Å². The van der Waals surface area contributed by atoms with Gasteiger partial charge in [0.05, 0.1) is 13.2 Å². The molecule has 1 rings (SSSR count). The van der Waals surface area contributed by atoms with Crippen molar-refractivity contribution < 1.29 is 65.4 Å². The Bertz CT molecular complexity index is 492. The second-order valence-corrected chi connectivity index (χ2v) is 5.97. The number of carbonyl (C=O) groups excluding carboxylic acids is 1. The highest BCUT2D eigenvalue weighted by Crippen LogP contribution is 2.19. The zero-order valence-corrected chi connectivity index (χ0v) is 14.8. The van der Waals surface area contributed by atoms with E-state index >= 15 is 0 Å². The van der Waals surface area contributed by atoms with Gasteiger partial charge in [-0.3, -0.25) is 4.79 Å². The molecular formula is C14H27NO13. The second kappa shape index (κ2) is 12.2. The number of carboxylic acid groups (broad SMARTS) is 1. The fourth-order valence-electron chi connectivity index (χ4n) is 2.16. The Morgan fingerprint density at radius 1 is 1.00 bits per heavy atom. The van der Waals surface area contributed by atoms with Gasteiger partial charge in [0.25, 0.3) is 0 Å². The SMILES string of the molecule is CC(=O)N[C@H]1C(O)O[C@H](CO)[C@@H](O)[C@@H]1O.O=C(O)[C@H](O)[C@@H](O)[C@H](O)[C@H](O)CO. The molecule has 11 N–H and O–H groups in total. The predicted molar refractivity (Wildman–Crippen MR) is 86.3 cm³/mol. The maximum Gasteiger partial charge on any atom is 0.335 e. The van der Waals surface area contributed by atoms with E-state index in [-0.39, 0.29) is 0 Å². The Kier molecular flexibility index (Phi) is 11.5. The normalized spacial score (nSPS) is 31.6. The van der Waals surface area contributed by atoms with Gasteiger partial charge >= 0.3 is 5.97 Å². The van der Waals surface area contributed by atoms with E-state index in [1.165, 1.54) is 6.92 Å². The number of nitrogens with one attached hydrogen (secondary N) is 1. The third kappa shape index (κ3) is 7.51. The van der Waals surface area contributed by atoms with Crippen LogP contribution in [0.15, 0.2) is 0 Å². The Labute approximate surface area is 158 Å². The van der Waals surface area contributed by atoms with Gasteiger partial charge in [0, 0.05) is 6.92 Å². The average molecular weight is 417 g/mol. The molecule has 28 heavy (non-hydrogen) atoms. The minimum Gasteiger partial charge on any atom is -0.479 e. The van der Waals surface area contributed by atoms with E-state index in [1.54, 1.807) is 0 Å². The molecule has 14 heteroatoms. The van der Waals surface area contributed by atoms with Crippen LogP contribution in [0.5, 0.6) is 0 Å². The lowest BCUT2D eigenvalue weighted by atomic mass is 9.97. The number of ether oxygens (including phenoxy) is 1. The van der Waals surface area contributed by atoms with Crippen molar-refractivity contribution >= 4 is 11.9 Å². The summed E-state index contributed by atoms with van der Waals surface area (Å²) in [6.07, 6.45) is -13.1. The van der Waals surface area contributed by atoms with Gasteiger partial charge in [-0.2, -0.15) is 0 Å². The molecule has 1 amide bonds. The fraction of sp³-hybridized carbons (Fsp3) is 0.857. The largest absolute Gasteiger partial charge is 0.479 e. The van der Waals surface area contributed by atoms with Gasteiger partial charge in [-0.05, 0) is 0 Å².